The number of benzene rings is 3. The SMILES string of the molecule is CC(C)[C@](C=O)(NC(=O)O)N1CCCC1c1cccc2c3c(ccc12)-c1ccc(Br)cc1CO3. The third-order valence-electron chi connectivity index (χ3n) is 7.23. The molecule has 0 bridgehead atoms. The molecule has 2 aliphatic heterocycles. The monoisotopic (exact) mass is 522 g/mol. The third-order valence-corrected chi connectivity index (χ3v) is 7.72. The number of carboxylic acid groups (broad SMARTS) is 1. The van der Waals surface area contributed by atoms with Crippen molar-refractivity contribution in [2.45, 2.75) is 45.0 Å². The summed E-state index contributed by atoms with van der Waals surface area (Å²) in [5, 5.41) is 14.2. The number of nitrogens with zero attached hydrogens (tertiary/aromatic N) is 1. The highest BCUT2D eigenvalue weighted by Crippen LogP contribution is 2.46. The maximum atomic E-state index is 12.4. The Kier molecular flexibility index (Phi) is 5.86. The van der Waals surface area contributed by atoms with Crippen LogP contribution >= 0.6 is 15.9 Å². The number of fused-ring (bicyclic) bond motifs is 5. The molecule has 34 heavy (non-hydrogen) atoms. The molecule has 1 fully saturated rings. The molecule has 3 aromatic carbocycles. The molecule has 1 amide bonds. The molecule has 5 rings (SSSR count). The van der Waals surface area contributed by atoms with Crippen LogP contribution in [-0.2, 0) is 11.4 Å². The number of ether oxygens (including phenoxy) is 1. The van der Waals surface area contributed by atoms with E-state index in [2.05, 4.69) is 57.6 Å². The van der Waals surface area contributed by atoms with Crippen LogP contribution in [0, 0.1) is 5.92 Å². The minimum Gasteiger partial charge on any atom is -0.488 e. The van der Waals surface area contributed by atoms with Crippen molar-refractivity contribution in [3.63, 3.8) is 0 Å². The van der Waals surface area contributed by atoms with Gasteiger partial charge in [-0.25, -0.2) is 4.79 Å². The van der Waals surface area contributed by atoms with E-state index in [-0.39, 0.29) is 12.0 Å². The van der Waals surface area contributed by atoms with Crippen molar-refractivity contribution >= 4 is 39.1 Å². The van der Waals surface area contributed by atoms with Crippen molar-refractivity contribution in [1.29, 1.82) is 0 Å². The van der Waals surface area contributed by atoms with E-state index < -0.39 is 11.8 Å². The fourth-order valence-corrected chi connectivity index (χ4v) is 6.00. The molecule has 6 nitrogen and oxygen atoms in total. The van der Waals surface area contributed by atoms with Gasteiger partial charge in [0.05, 0.1) is 0 Å². The van der Waals surface area contributed by atoms with Gasteiger partial charge in [0.1, 0.15) is 12.4 Å². The van der Waals surface area contributed by atoms with Gasteiger partial charge in [-0.05, 0) is 59.0 Å². The number of carbonyl (C=O) groups is 2. The average molecular weight is 523 g/mol. The minimum absolute atomic E-state index is 0.0898. The Morgan fingerprint density at radius 3 is 2.74 bits per heavy atom. The maximum Gasteiger partial charge on any atom is 0.406 e. The van der Waals surface area contributed by atoms with Gasteiger partial charge in [-0.1, -0.05) is 60.1 Å². The van der Waals surface area contributed by atoms with Crippen LogP contribution in [0.25, 0.3) is 21.9 Å². The van der Waals surface area contributed by atoms with Crippen molar-refractivity contribution in [2.24, 2.45) is 5.92 Å². The number of amides is 1. The Morgan fingerprint density at radius 2 is 2.00 bits per heavy atom. The summed E-state index contributed by atoms with van der Waals surface area (Å²) in [5.41, 5.74) is 3.18. The fraction of sp³-hybridized carbons (Fsp3) is 0.333. The molecule has 1 saturated heterocycles. The molecule has 2 atom stereocenters. The first-order chi connectivity index (χ1) is 16.4. The van der Waals surface area contributed by atoms with Gasteiger partial charge >= 0.3 is 6.09 Å². The van der Waals surface area contributed by atoms with Gasteiger partial charge in [-0.3, -0.25) is 15.0 Å². The van der Waals surface area contributed by atoms with Crippen LogP contribution in [0.3, 0.4) is 0 Å². The van der Waals surface area contributed by atoms with E-state index in [4.69, 9.17) is 4.74 Å². The van der Waals surface area contributed by atoms with Crippen LogP contribution in [0.2, 0.25) is 0 Å². The first-order valence-corrected chi connectivity index (χ1v) is 12.4. The zero-order valence-electron chi connectivity index (χ0n) is 19.2. The predicted molar refractivity (Wildman–Crippen MR) is 135 cm³/mol. The molecule has 2 aliphatic rings. The summed E-state index contributed by atoms with van der Waals surface area (Å²) in [5.74, 6) is 0.636. The standard InChI is InChI=1S/C27H27BrN2O4/c1-16(2)27(15-31,29-26(32)33)30-12-4-7-24(30)21-5-3-6-22-20(21)10-11-23-19-9-8-18(28)13-17(19)14-34-25(22)23/h3,5-6,8-11,13,15-16,24,29H,4,7,12,14H2,1-2H3,(H,32,33)/t24?,27-/m1/s1. The van der Waals surface area contributed by atoms with E-state index >= 15 is 0 Å². The first-order valence-electron chi connectivity index (χ1n) is 11.6. The number of rotatable bonds is 5. The molecule has 0 radical (unpaired) electrons. The molecule has 0 aromatic heterocycles. The number of hydrogen-bond acceptors (Lipinski definition) is 4. The zero-order valence-corrected chi connectivity index (χ0v) is 20.8. The Bertz CT molecular complexity index is 1290. The highest BCUT2D eigenvalue weighted by atomic mass is 79.9. The molecule has 3 aromatic rings. The van der Waals surface area contributed by atoms with Crippen LogP contribution in [0.5, 0.6) is 5.75 Å². The highest BCUT2D eigenvalue weighted by Gasteiger charge is 2.47. The van der Waals surface area contributed by atoms with Crippen molar-refractivity contribution in [1.82, 2.24) is 10.2 Å². The lowest BCUT2D eigenvalue weighted by atomic mass is 9.89. The van der Waals surface area contributed by atoms with Gasteiger partial charge in [0.25, 0.3) is 0 Å². The van der Waals surface area contributed by atoms with Crippen LogP contribution in [0.4, 0.5) is 4.79 Å². The molecular weight excluding hydrogens is 496 g/mol. The van der Waals surface area contributed by atoms with Gasteiger partial charge in [0.2, 0.25) is 0 Å². The smallest absolute Gasteiger partial charge is 0.406 e. The third kappa shape index (κ3) is 3.58. The summed E-state index contributed by atoms with van der Waals surface area (Å²) in [6, 6.07) is 16.6. The topological polar surface area (TPSA) is 78.9 Å². The number of carbonyl (C=O) groups excluding carboxylic acids is 1. The van der Waals surface area contributed by atoms with Gasteiger partial charge in [-0.15, -0.1) is 0 Å². The van der Waals surface area contributed by atoms with E-state index in [1.165, 1.54) is 5.56 Å². The molecule has 7 heteroatoms. The lowest BCUT2D eigenvalue weighted by molar-refractivity contribution is -0.125. The van der Waals surface area contributed by atoms with Crippen LogP contribution < -0.4 is 10.1 Å². The maximum absolute atomic E-state index is 12.4. The summed E-state index contributed by atoms with van der Waals surface area (Å²) >= 11 is 3.54. The van der Waals surface area contributed by atoms with Crippen molar-refractivity contribution in [3.05, 3.63) is 64.1 Å². The van der Waals surface area contributed by atoms with Crippen LogP contribution in [-0.4, -0.2) is 34.6 Å². The second-order valence-corrected chi connectivity index (χ2v) is 10.3. The van der Waals surface area contributed by atoms with Gasteiger partial charge in [-0.2, -0.15) is 0 Å². The van der Waals surface area contributed by atoms with E-state index in [0.29, 0.717) is 13.2 Å². The minimum atomic E-state index is -1.29. The van der Waals surface area contributed by atoms with Gasteiger partial charge in [0, 0.05) is 28.0 Å². The Morgan fingerprint density at radius 1 is 1.21 bits per heavy atom. The lowest BCUT2D eigenvalue weighted by Gasteiger charge is -2.44. The molecule has 0 aliphatic carbocycles. The normalized spacial score (nSPS) is 19.2. The van der Waals surface area contributed by atoms with E-state index in [1.807, 2.05) is 30.9 Å². The second kappa shape index (κ2) is 8.71. The summed E-state index contributed by atoms with van der Waals surface area (Å²) in [6.45, 7) is 4.90. The average Bonchev–Trinajstić information content (AvgIpc) is 3.31. The van der Waals surface area contributed by atoms with Crippen molar-refractivity contribution in [3.8, 4) is 16.9 Å². The largest absolute Gasteiger partial charge is 0.488 e. The predicted octanol–water partition coefficient (Wildman–Crippen LogP) is 6.12. The Hall–Kier alpha value is -2.90. The Labute approximate surface area is 207 Å². The number of halogens is 1. The molecule has 1 unspecified atom stereocenters. The summed E-state index contributed by atoms with van der Waals surface area (Å²) in [7, 11) is 0. The molecule has 0 saturated carbocycles. The fourth-order valence-electron chi connectivity index (χ4n) is 5.59. The molecule has 2 N–H and O–H groups in total. The lowest BCUT2D eigenvalue weighted by Crippen LogP contribution is -2.64. The zero-order chi connectivity index (χ0) is 24.0. The van der Waals surface area contributed by atoms with Crippen molar-refractivity contribution < 1.29 is 19.4 Å². The van der Waals surface area contributed by atoms with Crippen LogP contribution in [0.15, 0.2) is 53.0 Å². The number of likely N-dealkylation sites (tertiary alicyclic amines) is 1. The summed E-state index contributed by atoms with van der Waals surface area (Å²) in [6.07, 6.45) is 1.29. The van der Waals surface area contributed by atoms with Gasteiger partial charge in [0.15, 0.2) is 11.9 Å². The van der Waals surface area contributed by atoms with E-state index in [9.17, 15) is 14.7 Å². The summed E-state index contributed by atoms with van der Waals surface area (Å²) in [4.78, 5) is 26.1. The quantitative estimate of drug-likeness (QED) is 0.394. The molecule has 176 valence electrons. The molecular formula is C27H27BrN2O4. The molecule has 0 spiro atoms. The van der Waals surface area contributed by atoms with Gasteiger partial charge < -0.3 is 9.84 Å². The summed E-state index contributed by atoms with van der Waals surface area (Å²) < 4.78 is 7.29. The number of nitrogens with one attached hydrogen (secondary N) is 1. The number of aldehydes is 1. The Balaban J connectivity index is 1.63. The van der Waals surface area contributed by atoms with E-state index in [1.54, 1.807) is 0 Å². The second-order valence-electron chi connectivity index (χ2n) is 9.35. The molecule has 2 heterocycles. The number of hydrogen-bond donors (Lipinski definition) is 2. The van der Waals surface area contributed by atoms with E-state index in [0.717, 1.165) is 56.8 Å². The highest BCUT2D eigenvalue weighted by molar-refractivity contribution is 9.10. The first kappa shape index (κ1) is 22.9. The van der Waals surface area contributed by atoms with Crippen molar-refractivity contribution in [2.75, 3.05) is 6.54 Å². The van der Waals surface area contributed by atoms with Crippen LogP contribution in [0.1, 0.15) is 43.9 Å².